The second-order valence-electron chi connectivity index (χ2n) is 9.56. The first-order valence-electron chi connectivity index (χ1n) is 12.5. The fraction of sp³-hybridized carbons (Fsp3) is 0.276. The summed E-state index contributed by atoms with van der Waals surface area (Å²) in [7, 11) is 3.39. The SMILES string of the molecule is COC(=O)c1ccc(C(Cc2ccccc2)n2c(=O)[nH]c3cc(Cl)cc(N4CCN(C)CC4)c3c2=O)cc1. The third kappa shape index (κ3) is 5.10. The number of fused-ring (bicyclic) bond motifs is 1. The highest BCUT2D eigenvalue weighted by atomic mass is 35.5. The Bertz CT molecular complexity index is 1570. The lowest BCUT2D eigenvalue weighted by Gasteiger charge is -2.34. The summed E-state index contributed by atoms with van der Waals surface area (Å²) in [6.07, 6.45) is 0.407. The first-order valence-corrected chi connectivity index (χ1v) is 12.9. The van der Waals surface area contributed by atoms with Gasteiger partial charge in [0, 0.05) is 31.2 Å². The van der Waals surface area contributed by atoms with E-state index in [9.17, 15) is 14.4 Å². The Balaban J connectivity index is 1.69. The van der Waals surface area contributed by atoms with Crippen molar-refractivity contribution in [2.45, 2.75) is 12.5 Å². The number of anilines is 1. The van der Waals surface area contributed by atoms with Crippen molar-refractivity contribution >= 4 is 34.2 Å². The normalized spacial score (nSPS) is 15.0. The van der Waals surface area contributed by atoms with E-state index in [1.807, 2.05) is 30.3 Å². The molecule has 0 spiro atoms. The molecule has 9 heteroatoms. The zero-order valence-electron chi connectivity index (χ0n) is 21.3. The minimum atomic E-state index is -0.610. The van der Waals surface area contributed by atoms with Crippen molar-refractivity contribution in [3.05, 3.63) is 109 Å². The summed E-state index contributed by atoms with van der Waals surface area (Å²) in [5.41, 5.74) is 2.31. The number of benzene rings is 3. The second kappa shape index (κ2) is 10.8. The molecule has 1 aliphatic heterocycles. The number of H-pyrrole nitrogens is 1. The number of aromatic nitrogens is 2. The van der Waals surface area contributed by atoms with E-state index in [0.717, 1.165) is 43.0 Å². The van der Waals surface area contributed by atoms with Gasteiger partial charge in [-0.25, -0.2) is 9.59 Å². The van der Waals surface area contributed by atoms with Crippen LogP contribution in [-0.4, -0.2) is 60.8 Å². The second-order valence-corrected chi connectivity index (χ2v) is 10.00. The molecule has 1 fully saturated rings. The number of halogens is 1. The molecule has 1 aromatic heterocycles. The van der Waals surface area contributed by atoms with E-state index in [4.69, 9.17) is 16.3 Å². The Kier molecular flexibility index (Phi) is 7.35. The number of rotatable bonds is 6. The van der Waals surface area contributed by atoms with Gasteiger partial charge in [0.1, 0.15) is 0 Å². The molecular weight excluding hydrogens is 504 g/mol. The standard InChI is InChI=1S/C29H29ClN4O4/c1-32-12-14-33(15-13-32)25-18-22(30)17-23-26(25)27(35)34(29(37)31-23)24(16-19-6-4-3-5-7-19)20-8-10-21(11-9-20)28(36)38-2/h3-11,17-18,24H,12-16H2,1-2H3,(H,31,37). The van der Waals surface area contributed by atoms with Crippen molar-refractivity contribution in [3.8, 4) is 0 Å². The summed E-state index contributed by atoms with van der Waals surface area (Å²) in [6, 6.07) is 19.3. The van der Waals surface area contributed by atoms with Crippen molar-refractivity contribution in [2.24, 2.45) is 0 Å². The summed E-state index contributed by atoms with van der Waals surface area (Å²) >= 11 is 6.43. The summed E-state index contributed by atoms with van der Waals surface area (Å²) in [4.78, 5) is 47.0. The fourth-order valence-corrected chi connectivity index (χ4v) is 5.25. The van der Waals surface area contributed by atoms with E-state index < -0.39 is 17.7 Å². The molecule has 0 aliphatic carbocycles. The highest BCUT2D eigenvalue weighted by molar-refractivity contribution is 6.31. The Labute approximate surface area is 225 Å². The third-order valence-electron chi connectivity index (χ3n) is 7.12. The van der Waals surface area contributed by atoms with Crippen LogP contribution in [0.25, 0.3) is 10.9 Å². The maximum atomic E-state index is 14.2. The summed E-state index contributed by atoms with van der Waals surface area (Å²) in [5.74, 6) is -0.453. The highest BCUT2D eigenvalue weighted by Gasteiger charge is 2.25. The van der Waals surface area contributed by atoms with E-state index in [1.165, 1.54) is 11.7 Å². The maximum absolute atomic E-state index is 14.2. The van der Waals surface area contributed by atoms with E-state index in [0.29, 0.717) is 27.9 Å². The van der Waals surface area contributed by atoms with Gasteiger partial charge < -0.3 is 19.5 Å². The van der Waals surface area contributed by atoms with Gasteiger partial charge >= 0.3 is 11.7 Å². The van der Waals surface area contributed by atoms with Crippen LogP contribution in [0.15, 0.2) is 76.3 Å². The smallest absolute Gasteiger partial charge is 0.337 e. The van der Waals surface area contributed by atoms with E-state index in [1.54, 1.807) is 36.4 Å². The van der Waals surface area contributed by atoms with Crippen LogP contribution in [0, 0.1) is 0 Å². The zero-order valence-corrected chi connectivity index (χ0v) is 22.1. The molecule has 0 saturated carbocycles. The van der Waals surface area contributed by atoms with Crippen LogP contribution in [0.4, 0.5) is 5.69 Å². The monoisotopic (exact) mass is 532 g/mol. The van der Waals surface area contributed by atoms with Gasteiger partial charge in [-0.3, -0.25) is 9.36 Å². The van der Waals surface area contributed by atoms with Gasteiger partial charge in [0.05, 0.1) is 35.3 Å². The number of nitrogens with one attached hydrogen (secondary N) is 1. The number of hydrogen-bond acceptors (Lipinski definition) is 6. The van der Waals surface area contributed by atoms with Gasteiger partial charge in [-0.15, -0.1) is 0 Å². The Morgan fingerprint density at radius 3 is 2.34 bits per heavy atom. The molecule has 0 amide bonds. The average molecular weight is 533 g/mol. The van der Waals surface area contributed by atoms with Gasteiger partial charge in [-0.1, -0.05) is 54.1 Å². The maximum Gasteiger partial charge on any atom is 0.337 e. The number of hydrogen-bond donors (Lipinski definition) is 1. The molecule has 1 aliphatic rings. The molecule has 5 rings (SSSR count). The van der Waals surface area contributed by atoms with Crippen LogP contribution in [0.3, 0.4) is 0 Å². The molecule has 1 saturated heterocycles. The van der Waals surface area contributed by atoms with Crippen molar-refractivity contribution < 1.29 is 9.53 Å². The molecule has 2 heterocycles. The summed E-state index contributed by atoms with van der Waals surface area (Å²) in [5, 5.41) is 0.890. The first-order chi connectivity index (χ1) is 18.4. The molecule has 0 bridgehead atoms. The van der Waals surface area contributed by atoms with E-state index in [2.05, 4.69) is 21.8 Å². The molecular formula is C29H29ClN4O4. The van der Waals surface area contributed by atoms with E-state index >= 15 is 0 Å². The lowest BCUT2D eigenvalue weighted by atomic mass is 9.97. The van der Waals surface area contributed by atoms with E-state index in [-0.39, 0.29) is 5.56 Å². The lowest BCUT2D eigenvalue weighted by Crippen LogP contribution is -2.45. The zero-order chi connectivity index (χ0) is 26.8. The predicted octanol–water partition coefficient (Wildman–Crippen LogP) is 3.71. The van der Waals surface area contributed by atoms with Crippen LogP contribution < -0.4 is 16.1 Å². The molecule has 1 N–H and O–H groups in total. The first kappa shape index (κ1) is 25.8. The molecule has 4 aromatic rings. The van der Waals surface area contributed by atoms with Gasteiger partial charge in [-0.05, 0) is 48.9 Å². The number of likely N-dealkylation sites (N-methyl/N-ethyl adjacent to an activating group) is 1. The van der Waals surface area contributed by atoms with Crippen molar-refractivity contribution in [2.75, 3.05) is 45.2 Å². The van der Waals surface area contributed by atoms with Crippen molar-refractivity contribution in [3.63, 3.8) is 0 Å². The summed E-state index contributed by atoms with van der Waals surface area (Å²) in [6.45, 7) is 3.20. The largest absolute Gasteiger partial charge is 0.465 e. The predicted molar refractivity (Wildman–Crippen MR) is 150 cm³/mol. The number of esters is 1. The van der Waals surface area contributed by atoms with Crippen LogP contribution in [0.1, 0.15) is 27.5 Å². The van der Waals surface area contributed by atoms with Crippen LogP contribution in [0.5, 0.6) is 0 Å². The number of nitrogens with zero attached hydrogens (tertiary/aromatic N) is 3. The molecule has 8 nitrogen and oxygen atoms in total. The third-order valence-corrected chi connectivity index (χ3v) is 7.34. The van der Waals surface area contributed by atoms with Gasteiger partial charge in [0.25, 0.3) is 5.56 Å². The van der Waals surface area contributed by atoms with Crippen LogP contribution in [0.2, 0.25) is 5.02 Å². The number of carbonyl (C=O) groups is 1. The molecule has 38 heavy (non-hydrogen) atoms. The van der Waals surface area contributed by atoms with Gasteiger partial charge in [0.15, 0.2) is 0 Å². The topological polar surface area (TPSA) is 87.6 Å². The highest BCUT2D eigenvalue weighted by Crippen LogP contribution is 2.29. The Morgan fingerprint density at radius 2 is 1.68 bits per heavy atom. The van der Waals surface area contributed by atoms with Gasteiger partial charge in [-0.2, -0.15) is 0 Å². The van der Waals surface area contributed by atoms with Crippen molar-refractivity contribution in [1.82, 2.24) is 14.5 Å². The average Bonchev–Trinajstić information content (AvgIpc) is 2.92. The quantitative estimate of drug-likeness (QED) is 0.381. The molecule has 3 aromatic carbocycles. The Hall–Kier alpha value is -3.88. The minimum Gasteiger partial charge on any atom is -0.465 e. The molecule has 0 radical (unpaired) electrons. The molecule has 1 atom stereocenters. The molecule has 1 unspecified atom stereocenters. The number of carbonyl (C=O) groups excluding carboxylic acids is 1. The van der Waals surface area contributed by atoms with Gasteiger partial charge in [0.2, 0.25) is 0 Å². The minimum absolute atomic E-state index is 0.382. The lowest BCUT2D eigenvalue weighted by molar-refractivity contribution is 0.0600. The Morgan fingerprint density at radius 1 is 1.00 bits per heavy atom. The fourth-order valence-electron chi connectivity index (χ4n) is 5.04. The number of ether oxygens (including phenoxy) is 1. The van der Waals surface area contributed by atoms with Crippen molar-refractivity contribution in [1.29, 1.82) is 0 Å². The number of piperazine rings is 1. The summed E-state index contributed by atoms with van der Waals surface area (Å²) < 4.78 is 6.11. The number of aromatic amines is 1. The van der Waals surface area contributed by atoms with Crippen LogP contribution in [-0.2, 0) is 11.2 Å². The molecule has 196 valence electrons. The number of methoxy groups -OCH3 is 1. The van der Waals surface area contributed by atoms with Crippen LogP contribution >= 0.6 is 11.6 Å².